The second-order valence-electron chi connectivity index (χ2n) is 8.91. The van der Waals surface area contributed by atoms with Gasteiger partial charge >= 0.3 is 5.97 Å². The summed E-state index contributed by atoms with van der Waals surface area (Å²) >= 11 is 2.28. The van der Waals surface area contributed by atoms with Crippen LogP contribution in [0.4, 0.5) is 0 Å². The molecule has 0 aromatic heterocycles. The second kappa shape index (κ2) is 12.3. The van der Waals surface area contributed by atoms with Crippen molar-refractivity contribution in [2.75, 3.05) is 13.2 Å². The number of carboxylic acid groups (broad SMARTS) is 1. The summed E-state index contributed by atoms with van der Waals surface area (Å²) < 4.78 is 11.5. The van der Waals surface area contributed by atoms with Gasteiger partial charge < -0.3 is 14.6 Å². The van der Waals surface area contributed by atoms with E-state index in [1.54, 1.807) is 0 Å². The van der Waals surface area contributed by atoms with E-state index < -0.39 is 9.39 Å². The highest BCUT2D eigenvalue weighted by Crippen LogP contribution is 2.45. The zero-order valence-electron chi connectivity index (χ0n) is 18.9. The van der Waals surface area contributed by atoms with Crippen molar-refractivity contribution in [2.45, 2.75) is 94.5 Å². The van der Waals surface area contributed by atoms with Gasteiger partial charge in [0.15, 0.2) is 0 Å². The third-order valence-electron chi connectivity index (χ3n) is 6.29. The molecule has 0 aromatic carbocycles. The maximum Gasteiger partial charge on any atom is 0.306 e. The molecule has 0 amide bonds. The molecule has 1 unspecified atom stereocenters. The molecule has 0 heterocycles. The van der Waals surface area contributed by atoms with E-state index in [1.165, 1.54) is 50.5 Å². The summed E-state index contributed by atoms with van der Waals surface area (Å²) in [5.41, 5.74) is 1.87. The number of carbonyl (C=O) groups is 1. The van der Waals surface area contributed by atoms with Gasteiger partial charge in [0.05, 0.1) is 15.9 Å². The Morgan fingerprint density at radius 2 is 1.97 bits per heavy atom. The molecule has 0 bridgehead atoms. The average Bonchev–Trinajstić information content (AvgIpc) is 2.70. The van der Waals surface area contributed by atoms with E-state index in [0.29, 0.717) is 18.6 Å². The number of alkyl halides is 1. The van der Waals surface area contributed by atoms with Crippen LogP contribution >= 0.6 is 22.6 Å². The van der Waals surface area contributed by atoms with Gasteiger partial charge in [-0.2, -0.15) is 0 Å². The Labute approximate surface area is 196 Å². The van der Waals surface area contributed by atoms with Crippen LogP contribution in [0.5, 0.6) is 0 Å². The molecule has 1 spiro atoms. The average molecular weight is 530 g/mol. The maximum atomic E-state index is 11.2. The molecule has 2 aliphatic carbocycles. The Hall–Kier alpha value is -0.820. The maximum absolute atomic E-state index is 11.2. The smallest absolute Gasteiger partial charge is 0.306 e. The fraction of sp³-hybridized carbons (Fsp3) is 0.720. The quantitative estimate of drug-likeness (QED) is 0.103. The zero-order chi connectivity index (χ0) is 22.0. The van der Waals surface area contributed by atoms with Crippen LogP contribution in [0.25, 0.3) is 0 Å². The molecule has 0 aromatic rings. The number of hydrogen-bond donors (Lipinski definition) is 1. The molecule has 2 aliphatic rings. The minimum absolute atomic E-state index is 0.0136. The van der Waals surface area contributed by atoms with Crippen molar-refractivity contribution >= 4 is 28.6 Å². The van der Waals surface area contributed by atoms with Gasteiger partial charge in [0.1, 0.15) is 12.4 Å². The van der Waals surface area contributed by atoms with Crippen molar-refractivity contribution in [2.24, 2.45) is 5.41 Å². The Kier molecular flexibility index (Phi) is 10.4. The lowest BCUT2D eigenvalue weighted by Crippen LogP contribution is -2.35. The third kappa shape index (κ3) is 8.03. The number of halogens is 1. The Morgan fingerprint density at radius 3 is 2.60 bits per heavy atom. The van der Waals surface area contributed by atoms with Crippen molar-refractivity contribution in [3.63, 3.8) is 0 Å². The summed E-state index contributed by atoms with van der Waals surface area (Å²) in [5.74, 6) is 0.0151. The minimum Gasteiger partial charge on any atom is -0.490 e. The van der Waals surface area contributed by atoms with Crippen molar-refractivity contribution in [1.29, 1.82) is 0 Å². The highest BCUT2D eigenvalue weighted by atomic mass is 127. The van der Waals surface area contributed by atoms with E-state index in [1.807, 2.05) is 26.0 Å². The molecule has 2 rings (SSSR count). The molecule has 4 nitrogen and oxygen atoms in total. The van der Waals surface area contributed by atoms with Gasteiger partial charge in [0.2, 0.25) is 0 Å². The molecule has 2 atom stereocenters. The first-order chi connectivity index (χ1) is 14.3. The number of ether oxygens (including phenoxy) is 2. The van der Waals surface area contributed by atoms with Gasteiger partial charge in [-0.3, -0.25) is 4.79 Å². The van der Waals surface area contributed by atoms with Gasteiger partial charge in [-0.1, -0.05) is 60.9 Å². The molecule has 5 heteroatoms. The number of rotatable bonds is 11. The number of hydrogen-bond acceptors (Lipinski definition) is 3. The first-order valence-corrected chi connectivity index (χ1v) is 12.6. The molecule has 0 saturated heterocycles. The summed E-state index contributed by atoms with van der Waals surface area (Å²) in [6.45, 7) is 7.15. The van der Waals surface area contributed by atoms with Crippen LogP contribution in [0.1, 0.15) is 85.0 Å². The van der Waals surface area contributed by atoms with E-state index in [9.17, 15) is 9.90 Å². The van der Waals surface area contributed by atoms with E-state index in [4.69, 9.17) is 9.47 Å². The van der Waals surface area contributed by atoms with Crippen LogP contribution in [0, 0.1) is 5.41 Å². The highest BCUT2D eigenvalue weighted by molar-refractivity contribution is 14.1. The van der Waals surface area contributed by atoms with Crippen molar-refractivity contribution in [1.82, 2.24) is 0 Å². The monoisotopic (exact) mass is 530 g/mol. The van der Waals surface area contributed by atoms with Gasteiger partial charge in [0.25, 0.3) is 0 Å². The lowest BCUT2D eigenvalue weighted by molar-refractivity contribution is -0.140. The Balaban J connectivity index is 2.03. The van der Waals surface area contributed by atoms with Crippen molar-refractivity contribution in [3.05, 3.63) is 35.6 Å². The zero-order valence-corrected chi connectivity index (χ0v) is 21.1. The molecule has 1 fully saturated rings. The molecule has 1 N–H and O–H groups in total. The summed E-state index contributed by atoms with van der Waals surface area (Å²) in [6.07, 6.45) is 19.7. The van der Waals surface area contributed by atoms with E-state index in [-0.39, 0.29) is 12.5 Å². The van der Waals surface area contributed by atoms with Crippen molar-refractivity contribution < 1.29 is 19.4 Å². The Morgan fingerprint density at radius 1 is 1.27 bits per heavy atom. The van der Waals surface area contributed by atoms with Crippen molar-refractivity contribution in [3.8, 4) is 0 Å². The fourth-order valence-electron chi connectivity index (χ4n) is 4.69. The predicted molar refractivity (Wildman–Crippen MR) is 131 cm³/mol. The first kappa shape index (κ1) is 25.4. The number of aliphatic carboxylic acids is 1. The summed E-state index contributed by atoms with van der Waals surface area (Å²) in [5, 5.41) is 9.22. The minimum atomic E-state index is -0.841. The van der Waals surface area contributed by atoms with E-state index >= 15 is 0 Å². The standard InChI is InChI=1S/C25H39IO4/c1-4-10-21(12-16-24(3,26)22(29-5-2)17-23(27)28)30-19-20-11-9-15-25(18-20)13-7-6-8-14-25/h10,12,16,18,22H,4-9,11,13-15,17,19H2,1-3H3,(H,27,28)/b16-12-,21-10+/t22?,24-/m1/s1. The highest BCUT2D eigenvalue weighted by Gasteiger charge is 2.33. The van der Waals surface area contributed by atoms with Crippen LogP contribution < -0.4 is 0 Å². The molecule has 30 heavy (non-hydrogen) atoms. The van der Waals surface area contributed by atoms with Gasteiger partial charge in [-0.15, -0.1) is 0 Å². The van der Waals surface area contributed by atoms with Crippen LogP contribution in [0.3, 0.4) is 0 Å². The number of carboxylic acids is 1. The fourth-order valence-corrected chi connectivity index (χ4v) is 5.27. The third-order valence-corrected chi connectivity index (χ3v) is 7.35. The predicted octanol–water partition coefficient (Wildman–Crippen LogP) is 6.99. The second-order valence-corrected chi connectivity index (χ2v) is 11.2. The Bertz CT molecular complexity index is 642. The number of allylic oxidation sites excluding steroid dienone is 3. The van der Waals surface area contributed by atoms with Gasteiger partial charge in [-0.05, 0) is 75.5 Å². The first-order valence-electron chi connectivity index (χ1n) is 11.6. The van der Waals surface area contributed by atoms with E-state index in [2.05, 4.69) is 41.7 Å². The summed E-state index contributed by atoms with van der Waals surface area (Å²) in [7, 11) is 0. The lowest BCUT2D eigenvalue weighted by atomic mass is 9.67. The van der Waals surface area contributed by atoms with Crippen LogP contribution in [-0.2, 0) is 14.3 Å². The van der Waals surface area contributed by atoms with Crippen LogP contribution in [0.15, 0.2) is 35.6 Å². The molecular formula is C25H39IO4. The molecular weight excluding hydrogens is 491 g/mol. The topological polar surface area (TPSA) is 55.8 Å². The normalized spacial score (nSPS) is 22.5. The summed E-state index contributed by atoms with van der Waals surface area (Å²) in [6, 6.07) is 0. The molecule has 0 radical (unpaired) electrons. The van der Waals surface area contributed by atoms with E-state index in [0.717, 1.165) is 18.6 Å². The largest absolute Gasteiger partial charge is 0.490 e. The van der Waals surface area contributed by atoms with Crippen LogP contribution in [-0.4, -0.2) is 33.8 Å². The van der Waals surface area contributed by atoms with Gasteiger partial charge in [-0.25, -0.2) is 0 Å². The lowest BCUT2D eigenvalue weighted by Gasteiger charge is -2.38. The summed E-state index contributed by atoms with van der Waals surface area (Å²) in [4.78, 5) is 11.2. The molecule has 1 saturated carbocycles. The molecule has 0 aliphatic heterocycles. The van der Waals surface area contributed by atoms with Gasteiger partial charge in [0, 0.05) is 6.61 Å². The SMILES string of the molecule is CC/C=C(\C=C/[C@@](C)(I)C(CC(=O)O)OCC)OCC1=CC2(CCCCC2)CCC1. The van der Waals surface area contributed by atoms with Crippen LogP contribution in [0.2, 0.25) is 0 Å². The molecule has 170 valence electrons.